The third kappa shape index (κ3) is 3.16. The Bertz CT molecular complexity index is 586. The van der Waals surface area contributed by atoms with Gasteiger partial charge in [0, 0.05) is 17.8 Å². The van der Waals surface area contributed by atoms with E-state index in [0.717, 1.165) is 29.7 Å². The van der Waals surface area contributed by atoms with E-state index in [-0.39, 0.29) is 5.78 Å². The molecule has 3 heteroatoms. The molecule has 0 spiro atoms. The van der Waals surface area contributed by atoms with Gasteiger partial charge in [-0.25, -0.2) is 0 Å². The highest BCUT2D eigenvalue weighted by Crippen LogP contribution is 2.14. The number of ketones is 1. The van der Waals surface area contributed by atoms with Gasteiger partial charge in [-0.3, -0.25) is 9.48 Å². The fourth-order valence-corrected chi connectivity index (χ4v) is 2.26. The second-order valence-corrected chi connectivity index (χ2v) is 5.16. The average Bonchev–Trinajstić information content (AvgIpc) is 2.94. The smallest absolute Gasteiger partial charge is 0.169 e. The molecule has 1 heterocycles. The van der Waals surface area contributed by atoms with Crippen LogP contribution in [0.25, 0.3) is 0 Å². The number of hydrogen-bond acceptors (Lipinski definition) is 2. The number of aryl methyl sites for hydroxylation is 1. The van der Waals surface area contributed by atoms with E-state index in [9.17, 15) is 4.79 Å². The van der Waals surface area contributed by atoms with E-state index in [1.165, 1.54) is 0 Å². The highest BCUT2D eigenvalue weighted by molar-refractivity contribution is 5.98. The molecule has 20 heavy (non-hydrogen) atoms. The minimum absolute atomic E-state index is 0.150. The maximum Gasteiger partial charge on any atom is 0.169 e. The first-order chi connectivity index (χ1) is 9.65. The Morgan fingerprint density at radius 1 is 1.25 bits per heavy atom. The van der Waals surface area contributed by atoms with Gasteiger partial charge in [0.05, 0.1) is 12.1 Å². The van der Waals surface area contributed by atoms with Crippen LogP contribution < -0.4 is 0 Å². The summed E-state index contributed by atoms with van der Waals surface area (Å²) >= 11 is 0. The summed E-state index contributed by atoms with van der Waals surface area (Å²) in [6.45, 7) is 6.34. The Hall–Kier alpha value is -1.90. The Kier molecular flexibility index (Phi) is 4.72. The van der Waals surface area contributed by atoms with E-state index in [0.29, 0.717) is 12.5 Å². The second kappa shape index (κ2) is 6.51. The summed E-state index contributed by atoms with van der Waals surface area (Å²) < 4.78 is 1.94. The van der Waals surface area contributed by atoms with Crippen molar-refractivity contribution in [1.29, 1.82) is 0 Å². The first kappa shape index (κ1) is 14.5. The predicted molar refractivity (Wildman–Crippen MR) is 81.1 cm³/mol. The largest absolute Gasteiger partial charge is 0.294 e. The van der Waals surface area contributed by atoms with Crippen LogP contribution in [-0.4, -0.2) is 15.6 Å². The molecule has 0 saturated carbocycles. The average molecular weight is 270 g/mol. The van der Waals surface area contributed by atoms with Gasteiger partial charge in [-0.1, -0.05) is 38.1 Å². The molecule has 0 fully saturated rings. The highest BCUT2D eigenvalue weighted by atomic mass is 16.1. The lowest BCUT2D eigenvalue weighted by Gasteiger charge is -2.08. The number of aromatic nitrogens is 2. The summed E-state index contributed by atoms with van der Waals surface area (Å²) in [6.07, 6.45) is 4.25. The molecule has 0 aliphatic rings. The minimum atomic E-state index is 0.150. The van der Waals surface area contributed by atoms with E-state index < -0.39 is 0 Å². The van der Waals surface area contributed by atoms with Crippen LogP contribution in [0.3, 0.4) is 0 Å². The molecule has 0 bridgehead atoms. The monoisotopic (exact) mass is 270 g/mol. The molecule has 1 atom stereocenters. The van der Waals surface area contributed by atoms with Crippen LogP contribution in [-0.2, 0) is 12.8 Å². The molecule has 1 aromatic heterocycles. The summed E-state index contributed by atoms with van der Waals surface area (Å²) in [6, 6.07) is 10.1. The number of nitrogens with zero attached hydrogens (tertiary/aromatic N) is 2. The van der Waals surface area contributed by atoms with E-state index in [1.54, 1.807) is 0 Å². The quantitative estimate of drug-likeness (QED) is 0.747. The van der Waals surface area contributed by atoms with E-state index in [1.807, 2.05) is 41.2 Å². The lowest BCUT2D eigenvalue weighted by molar-refractivity contribution is 0.0991. The zero-order chi connectivity index (χ0) is 14.5. The highest BCUT2D eigenvalue weighted by Gasteiger charge is 2.13. The van der Waals surface area contributed by atoms with Gasteiger partial charge in [0.1, 0.15) is 0 Å². The third-order valence-corrected chi connectivity index (χ3v) is 3.75. The lowest BCUT2D eigenvalue weighted by atomic mass is 9.99. The summed E-state index contributed by atoms with van der Waals surface area (Å²) in [4.78, 5) is 12.4. The predicted octanol–water partition coefficient (Wildman–Crippen LogP) is 3.84. The van der Waals surface area contributed by atoms with Gasteiger partial charge >= 0.3 is 0 Å². The number of hydrogen-bond donors (Lipinski definition) is 0. The molecule has 2 rings (SSSR count). The minimum Gasteiger partial charge on any atom is -0.294 e. The van der Waals surface area contributed by atoms with Crippen LogP contribution in [0.2, 0.25) is 0 Å². The SMILES string of the molecule is CCc1ccccc1C(=O)Cc1ccn(C(C)CC)n1. The maximum absolute atomic E-state index is 12.4. The van der Waals surface area contributed by atoms with Crippen LogP contribution >= 0.6 is 0 Å². The van der Waals surface area contributed by atoms with Crippen LogP contribution in [0.1, 0.15) is 54.8 Å². The lowest BCUT2D eigenvalue weighted by Crippen LogP contribution is -2.09. The molecule has 106 valence electrons. The number of rotatable bonds is 6. The topological polar surface area (TPSA) is 34.9 Å². The first-order valence-corrected chi connectivity index (χ1v) is 7.30. The van der Waals surface area contributed by atoms with Crippen LogP contribution in [0.15, 0.2) is 36.5 Å². The first-order valence-electron chi connectivity index (χ1n) is 7.30. The zero-order valence-corrected chi connectivity index (χ0v) is 12.5. The molecule has 0 N–H and O–H groups in total. The summed E-state index contributed by atoms with van der Waals surface area (Å²) in [7, 11) is 0. The van der Waals surface area contributed by atoms with Crippen molar-refractivity contribution >= 4 is 5.78 Å². The van der Waals surface area contributed by atoms with Crippen LogP contribution in [0, 0.1) is 0 Å². The van der Waals surface area contributed by atoms with Crippen LogP contribution in [0.5, 0.6) is 0 Å². The third-order valence-electron chi connectivity index (χ3n) is 3.75. The fourth-order valence-electron chi connectivity index (χ4n) is 2.26. The van der Waals surface area contributed by atoms with Crippen molar-refractivity contribution in [3.05, 3.63) is 53.3 Å². The Morgan fingerprint density at radius 2 is 2.00 bits per heavy atom. The second-order valence-electron chi connectivity index (χ2n) is 5.16. The number of benzene rings is 1. The van der Waals surface area contributed by atoms with Gasteiger partial charge in [0.2, 0.25) is 0 Å². The van der Waals surface area contributed by atoms with Gasteiger partial charge in [0.15, 0.2) is 5.78 Å². The normalized spacial score (nSPS) is 12.3. The van der Waals surface area contributed by atoms with E-state index in [4.69, 9.17) is 0 Å². The van der Waals surface area contributed by atoms with Crippen molar-refractivity contribution in [3.8, 4) is 0 Å². The molecule has 0 amide bonds. The fraction of sp³-hybridized carbons (Fsp3) is 0.412. The molecule has 1 aromatic carbocycles. The van der Waals surface area contributed by atoms with Gasteiger partial charge in [-0.15, -0.1) is 0 Å². The molecule has 0 aliphatic heterocycles. The molecule has 2 aromatic rings. The van der Waals surface area contributed by atoms with Gasteiger partial charge in [-0.05, 0) is 31.4 Å². The van der Waals surface area contributed by atoms with Crippen molar-refractivity contribution < 1.29 is 4.79 Å². The van der Waals surface area contributed by atoms with E-state index in [2.05, 4.69) is 25.9 Å². The van der Waals surface area contributed by atoms with Crippen molar-refractivity contribution in [3.63, 3.8) is 0 Å². The Labute approximate surface area is 120 Å². The summed E-state index contributed by atoms with van der Waals surface area (Å²) in [5, 5.41) is 4.50. The van der Waals surface area contributed by atoms with Gasteiger partial charge in [-0.2, -0.15) is 5.10 Å². The number of Topliss-reactive ketones (excluding diaryl/α,β-unsaturated/α-hetero) is 1. The van der Waals surface area contributed by atoms with Gasteiger partial charge < -0.3 is 0 Å². The number of carbonyl (C=O) groups excluding carboxylic acids is 1. The maximum atomic E-state index is 12.4. The van der Waals surface area contributed by atoms with Crippen molar-refractivity contribution in [2.45, 2.75) is 46.1 Å². The van der Waals surface area contributed by atoms with Gasteiger partial charge in [0.25, 0.3) is 0 Å². The molecule has 0 aliphatic carbocycles. The molecule has 3 nitrogen and oxygen atoms in total. The summed E-state index contributed by atoms with van der Waals surface area (Å²) in [5.41, 5.74) is 2.79. The van der Waals surface area contributed by atoms with Crippen molar-refractivity contribution in [2.75, 3.05) is 0 Å². The molecular weight excluding hydrogens is 248 g/mol. The Morgan fingerprint density at radius 3 is 2.70 bits per heavy atom. The molecule has 1 unspecified atom stereocenters. The molecule has 0 radical (unpaired) electrons. The number of carbonyl (C=O) groups is 1. The van der Waals surface area contributed by atoms with Crippen molar-refractivity contribution in [2.24, 2.45) is 0 Å². The summed E-state index contributed by atoms with van der Waals surface area (Å²) in [5.74, 6) is 0.150. The zero-order valence-electron chi connectivity index (χ0n) is 12.5. The molecular formula is C17H22N2O. The van der Waals surface area contributed by atoms with E-state index >= 15 is 0 Å². The molecule has 0 saturated heterocycles. The Balaban J connectivity index is 2.13. The van der Waals surface area contributed by atoms with Crippen LogP contribution in [0.4, 0.5) is 0 Å². The van der Waals surface area contributed by atoms with Crippen molar-refractivity contribution in [1.82, 2.24) is 9.78 Å². The standard InChI is InChI=1S/C17H22N2O/c1-4-13(3)19-11-10-15(18-19)12-17(20)16-9-7-6-8-14(16)5-2/h6-11,13H,4-5,12H2,1-3H3.